The third-order valence-electron chi connectivity index (χ3n) is 3.06. The Hall–Kier alpha value is -1.47. The monoisotopic (exact) mass is 245 g/mol. The van der Waals surface area contributed by atoms with E-state index in [0.717, 1.165) is 28.3 Å². The fraction of sp³-hybridized carbons (Fsp3) is 0.200. The molecule has 0 amide bonds. The average Bonchev–Trinajstić information content (AvgIpc) is 2.29. The van der Waals surface area contributed by atoms with Gasteiger partial charge in [-0.2, -0.15) is 0 Å². The van der Waals surface area contributed by atoms with Crippen LogP contribution in [-0.2, 0) is 6.42 Å². The molecular formula is C15H16ClN. The van der Waals surface area contributed by atoms with E-state index < -0.39 is 0 Å². The molecule has 2 N–H and O–H groups in total. The minimum Gasteiger partial charge on any atom is -0.399 e. The van der Waals surface area contributed by atoms with Crippen molar-refractivity contribution in [2.75, 3.05) is 5.73 Å². The Labute approximate surface area is 107 Å². The van der Waals surface area contributed by atoms with Gasteiger partial charge in [0, 0.05) is 10.7 Å². The molecule has 0 saturated heterocycles. The average molecular weight is 246 g/mol. The van der Waals surface area contributed by atoms with Crippen molar-refractivity contribution in [3.05, 3.63) is 63.7 Å². The fourth-order valence-corrected chi connectivity index (χ4v) is 2.14. The normalized spacial score (nSPS) is 10.5. The standard InChI is InChI=1S/C15H16ClN/c1-10-8-15(17)11(2)7-13(10)9-12-5-3-4-6-14(12)16/h3-8H,9,17H2,1-2H3. The molecule has 0 saturated carbocycles. The highest BCUT2D eigenvalue weighted by Crippen LogP contribution is 2.23. The molecule has 0 aliphatic carbocycles. The number of aryl methyl sites for hydroxylation is 2. The van der Waals surface area contributed by atoms with E-state index in [1.54, 1.807) is 0 Å². The first kappa shape index (κ1) is 12.0. The van der Waals surface area contributed by atoms with E-state index in [4.69, 9.17) is 17.3 Å². The Balaban J connectivity index is 2.37. The smallest absolute Gasteiger partial charge is 0.0441 e. The molecule has 2 aromatic carbocycles. The molecular weight excluding hydrogens is 230 g/mol. The number of benzene rings is 2. The molecule has 0 aliphatic heterocycles. The van der Waals surface area contributed by atoms with E-state index in [1.807, 2.05) is 31.2 Å². The van der Waals surface area contributed by atoms with Gasteiger partial charge >= 0.3 is 0 Å². The lowest BCUT2D eigenvalue weighted by molar-refractivity contribution is 1.15. The van der Waals surface area contributed by atoms with Gasteiger partial charge in [-0.1, -0.05) is 35.9 Å². The lowest BCUT2D eigenvalue weighted by atomic mass is 9.97. The van der Waals surface area contributed by atoms with Crippen LogP contribution in [0.3, 0.4) is 0 Å². The summed E-state index contributed by atoms with van der Waals surface area (Å²) in [6.45, 7) is 4.12. The lowest BCUT2D eigenvalue weighted by Gasteiger charge is -2.10. The molecule has 0 bridgehead atoms. The van der Waals surface area contributed by atoms with Crippen molar-refractivity contribution in [3.8, 4) is 0 Å². The summed E-state index contributed by atoms with van der Waals surface area (Å²) < 4.78 is 0. The highest BCUT2D eigenvalue weighted by molar-refractivity contribution is 6.31. The van der Waals surface area contributed by atoms with Crippen LogP contribution in [0.4, 0.5) is 5.69 Å². The molecule has 0 heterocycles. The van der Waals surface area contributed by atoms with Crippen LogP contribution >= 0.6 is 11.6 Å². The number of nitrogen functional groups attached to an aromatic ring is 1. The Kier molecular flexibility index (Phi) is 3.39. The van der Waals surface area contributed by atoms with E-state index >= 15 is 0 Å². The highest BCUT2D eigenvalue weighted by Gasteiger charge is 2.05. The van der Waals surface area contributed by atoms with Gasteiger partial charge in [0.1, 0.15) is 0 Å². The molecule has 17 heavy (non-hydrogen) atoms. The van der Waals surface area contributed by atoms with Gasteiger partial charge in [0.25, 0.3) is 0 Å². The summed E-state index contributed by atoms with van der Waals surface area (Å²) in [5.74, 6) is 0. The Morgan fingerprint density at radius 1 is 1.00 bits per heavy atom. The van der Waals surface area contributed by atoms with Crippen LogP contribution in [0.15, 0.2) is 36.4 Å². The van der Waals surface area contributed by atoms with Gasteiger partial charge in [0.15, 0.2) is 0 Å². The first-order valence-corrected chi connectivity index (χ1v) is 6.04. The molecule has 0 unspecified atom stereocenters. The van der Waals surface area contributed by atoms with Gasteiger partial charge in [-0.15, -0.1) is 0 Å². The highest BCUT2D eigenvalue weighted by atomic mass is 35.5. The Morgan fingerprint density at radius 2 is 1.71 bits per heavy atom. The minimum absolute atomic E-state index is 0.821. The number of hydrogen-bond acceptors (Lipinski definition) is 1. The predicted molar refractivity (Wildman–Crippen MR) is 74.6 cm³/mol. The van der Waals surface area contributed by atoms with Crippen LogP contribution in [0.25, 0.3) is 0 Å². The largest absolute Gasteiger partial charge is 0.399 e. The van der Waals surface area contributed by atoms with Crippen LogP contribution in [-0.4, -0.2) is 0 Å². The Bertz CT molecular complexity index is 547. The van der Waals surface area contributed by atoms with Gasteiger partial charge in [-0.25, -0.2) is 0 Å². The molecule has 0 atom stereocenters. The maximum atomic E-state index is 6.17. The van der Waals surface area contributed by atoms with Gasteiger partial charge in [-0.3, -0.25) is 0 Å². The summed E-state index contributed by atoms with van der Waals surface area (Å²) in [4.78, 5) is 0. The first-order chi connectivity index (χ1) is 8.08. The zero-order valence-corrected chi connectivity index (χ0v) is 10.9. The second-order valence-corrected chi connectivity index (χ2v) is 4.81. The van der Waals surface area contributed by atoms with Crippen LogP contribution in [0.1, 0.15) is 22.3 Å². The summed E-state index contributed by atoms with van der Waals surface area (Å²) in [7, 11) is 0. The SMILES string of the molecule is Cc1cc(Cc2ccccc2Cl)c(C)cc1N. The van der Waals surface area contributed by atoms with Crippen molar-refractivity contribution >= 4 is 17.3 Å². The van der Waals surface area contributed by atoms with Crippen LogP contribution in [0.5, 0.6) is 0 Å². The van der Waals surface area contributed by atoms with Crippen molar-refractivity contribution in [2.45, 2.75) is 20.3 Å². The summed E-state index contributed by atoms with van der Waals surface area (Å²) in [6.07, 6.45) is 0.854. The van der Waals surface area contributed by atoms with Gasteiger partial charge in [0.2, 0.25) is 0 Å². The third kappa shape index (κ3) is 2.62. The van der Waals surface area contributed by atoms with Crippen molar-refractivity contribution in [1.29, 1.82) is 0 Å². The predicted octanol–water partition coefficient (Wildman–Crippen LogP) is 4.13. The van der Waals surface area contributed by atoms with Crippen molar-refractivity contribution in [3.63, 3.8) is 0 Å². The van der Waals surface area contributed by atoms with Crippen molar-refractivity contribution < 1.29 is 0 Å². The molecule has 2 rings (SSSR count). The molecule has 2 heteroatoms. The van der Waals surface area contributed by atoms with E-state index in [9.17, 15) is 0 Å². The number of hydrogen-bond donors (Lipinski definition) is 1. The number of nitrogens with two attached hydrogens (primary N) is 1. The molecule has 1 nitrogen and oxygen atoms in total. The van der Waals surface area contributed by atoms with E-state index in [2.05, 4.69) is 19.1 Å². The van der Waals surface area contributed by atoms with Gasteiger partial charge in [-0.05, 0) is 54.7 Å². The molecule has 0 radical (unpaired) electrons. The van der Waals surface area contributed by atoms with Gasteiger partial charge < -0.3 is 5.73 Å². The lowest BCUT2D eigenvalue weighted by Crippen LogP contribution is -1.97. The molecule has 2 aromatic rings. The first-order valence-electron chi connectivity index (χ1n) is 5.67. The maximum absolute atomic E-state index is 6.17. The molecule has 0 aliphatic rings. The second-order valence-electron chi connectivity index (χ2n) is 4.40. The van der Waals surface area contributed by atoms with E-state index in [0.29, 0.717) is 0 Å². The minimum atomic E-state index is 0.821. The summed E-state index contributed by atoms with van der Waals surface area (Å²) in [6, 6.07) is 12.1. The second kappa shape index (κ2) is 4.80. The van der Waals surface area contributed by atoms with Crippen molar-refractivity contribution in [1.82, 2.24) is 0 Å². The zero-order chi connectivity index (χ0) is 12.4. The van der Waals surface area contributed by atoms with E-state index in [1.165, 1.54) is 11.1 Å². The zero-order valence-electron chi connectivity index (χ0n) is 10.1. The van der Waals surface area contributed by atoms with Crippen molar-refractivity contribution in [2.24, 2.45) is 0 Å². The summed E-state index contributed by atoms with van der Waals surface area (Å²) in [5.41, 5.74) is 11.5. The molecule has 0 fully saturated rings. The quantitative estimate of drug-likeness (QED) is 0.791. The maximum Gasteiger partial charge on any atom is 0.0441 e. The summed E-state index contributed by atoms with van der Waals surface area (Å²) >= 11 is 6.17. The number of halogens is 1. The number of anilines is 1. The number of rotatable bonds is 2. The molecule has 0 spiro atoms. The molecule has 88 valence electrons. The fourth-order valence-electron chi connectivity index (χ4n) is 1.94. The van der Waals surface area contributed by atoms with Crippen LogP contribution < -0.4 is 5.73 Å². The van der Waals surface area contributed by atoms with Crippen LogP contribution in [0.2, 0.25) is 5.02 Å². The van der Waals surface area contributed by atoms with Gasteiger partial charge in [0.05, 0.1) is 0 Å². The Morgan fingerprint density at radius 3 is 2.41 bits per heavy atom. The van der Waals surface area contributed by atoms with E-state index in [-0.39, 0.29) is 0 Å². The molecule has 0 aromatic heterocycles. The topological polar surface area (TPSA) is 26.0 Å². The van der Waals surface area contributed by atoms with Crippen LogP contribution in [0, 0.1) is 13.8 Å². The third-order valence-corrected chi connectivity index (χ3v) is 3.43. The summed E-state index contributed by atoms with van der Waals surface area (Å²) in [5, 5.41) is 0.821.